The molecule has 212 valence electrons. The number of carbonyl (C=O) groups is 1. The first-order valence-electron chi connectivity index (χ1n) is 8.71. The van der Waals surface area contributed by atoms with Crippen LogP contribution >= 0.6 is 0 Å². The fourth-order valence-electron chi connectivity index (χ4n) is 2.81. The number of carboxylic acid groups (broad SMARTS) is 1. The van der Waals surface area contributed by atoms with E-state index in [0.717, 1.165) is 10.9 Å². The number of halogens is 17. The Morgan fingerprint density at radius 1 is 0.568 bits per heavy atom. The van der Waals surface area contributed by atoms with E-state index in [4.69, 9.17) is 5.11 Å². The molecule has 1 fully saturated rings. The quantitative estimate of drug-likeness (QED) is 0.260. The average molecular weight is 582 g/mol. The third kappa shape index (κ3) is 3.70. The topological polar surface area (TPSA) is 81.2 Å². The monoisotopic (exact) mass is 582 g/mol. The lowest BCUT2D eigenvalue weighted by Gasteiger charge is -2.43. The van der Waals surface area contributed by atoms with Crippen molar-refractivity contribution in [3.05, 3.63) is 35.4 Å². The molecule has 1 aromatic carbocycles. The van der Waals surface area contributed by atoms with E-state index in [0.29, 0.717) is 12.1 Å². The lowest BCUT2D eigenvalue weighted by Crippen LogP contribution is -2.75. The highest BCUT2D eigenvalue weighted by molar-refractivity contribution is 5.87. The molecule has 3 N–H and O–H groups in total. The smallest absolute Gasteiger partial charge is 0.460 e. The van der Waals surface area contributed by atoms with Crippen molar-refractivity contribution in [2.75, 3.05) is 0 Å². The largest absolute Gasteiger partial charge is 0.478 e. The Morgan fingerprint density at radius 2 is 0.892 bits per heavy atom. The average Bonchev–Trinajstić information content (AvgIpc) is 3.54. The van der Waals surface area contributed by atoms with Crippen LogP contribution in [0.25, 0.3) is 0 Å². The predicted octanol–water partition coefficient (Wildman–Crippen LogP) is 5.65. The molecule has 1 aliphatic rings. The van der Waals surface area contributed by atoms with Crippen molar-refractivity contribution in [2.45, 2.75) is 53.3 Å². The van der Waals surface area contributed by atoms with E-state index >= 15 is 0 Å². The fraction of sp³-hybridized carbons (Fsp3) is 0.562. The Hall–Kier alpha value is -2.58. The second-order valence-corrected chi connectivity index (χ2v) is 7.40. The maximum Gasteiger partial charge on any atom is 0.460 e. The van der Waals surface area contributed by atoms with E-state index in [-0.39, 0.29) is 12.1 Å². The normalized spacial score (nSPS) is 18.1. The van der Waals surface area contributed by atoms with Crippen LogP contribution in [0.15, 0.2) is 24.3 Å². The van der Waals surface area contributed by atoms with Crippen LogP contribution in [-0.2, 0) is 5.66 Å². The Balaban J connectivity index is 2.64. The number of nitrogens with one attached hydrogen (secondary N) is 2. The molecule has 0 unspecified atom stereocenters. The molecule has 0 aromatic heterocycles. The summed E-state index contributed by atoms with van der Waals surface area (Å²) in [7, 11) is 0. The van der Waals surface area contributed by atoms with Gasteiger partial charge in [0.05, 0.1) is 5.56 Å². The van der Waals surface area contributed by atoms with E-state index in [9.17, 15) is 79.4 Å². The van der Waals surface area contributed by atoms with Crippen molar-refractivity contribution in [1.82, 2.24) is 10.9 Å². The SMILES string of the molecule is O=C(O)c1ccc(C2(C(F)(F)C(F)(F)C(F)(F)C(F)(F)C(F)(F)C(F)(F)C(F)(F)C(F)(F)F)NN2)cc1. The van der Waals surface area contributed by atoms with Gasteiger partial charge in [0.25, 0.3) is 0 Å². The molecule has 4 nitrogen and oxygen atoms in total. The highest BCUT2D eigenvalue weighted by Gasteiger charge is 2.96. The zero-order valence-electron chi connectivity index (χ0n) is 16.6. The van der Waals surface area contributed by atoms with Gasteiger partial charge in [-0.05, 0) is 17.7 Å². The van der Waals surface area contributed by atoms with Crippen LogP contribution in [0, 0.1) is 0 Å². The number of carboxylic acids is 1. The number of rotatable bonds is 9. The second-order valence-electron chi connectivity index (χ2n) is 7.40. The van der Waals surface area contributed by atoms with E-state index in [1.165, 1.54) is 0 Å². The molecule has 1 heterocycles. The minimum absolute atomic E-state index is 0.212. The summed E-state index contributed by atoms with van der Waals surface area (Å²) < 4.78 is 229. The standard InChI is InChI=1S/C16H7F17N2O2/c17-9(18,8(34-35-8)6-3-1-5(2-4-6)7(36)37)10(19,20)11(21,22)12(23,24)13(25,26)14(27,28)15(29,30)16(31,32)33/h1-4,34-35H,(H,36,37). The third-order valence-electron chi connectivity index (χ3n) is 5.13. The van der Waals surface area contributed by atoms with Gasteiger partial charge >= 0.3 is 53.6 Å². The van der Waals surface area contributed by atoms with E-state index in [2.05, 4.69) is 0 Å². The molecule has 0 spiro atoms. The van der Waals surface area contributed by atoms with Crippen molar-refractivity contribution < 1.29 is 84.5 Å². The zero-order chi connectivity index (χ0) is 29.5. The summed E-state index contributed by atoms with van der Waals surface area (Å²) in [5, 5.41) is 8.69. The number of benzene rings is 1. The van der Waals surface area contributed by atoms with Gasteiger partial charge in [0.15, 0.2) is 5.66 Å². The van der Waals surface area contributed by atoms with Crippen molar-refractivity contribution in [3.63, 3.8) is 0 Å². The molecule has 0 aliphatic carbocycles. The van der Waals surface area contributed by atoms with Gasteiger partial charge in [-0.1, -0.05) is 12.1 Å². The third-order valence-corrected chi connectivity index (χ3v) is 5.13. The first-order valence-corrected chi connectivity index (χ1v) is 8.71. The van der Waals surface area contributed by atoms with Crippen molar-refractivity contribution in [2.24, 2.45) is 0 Å². The molecule has 1 aromatic rings. The molecule has 0 bridgehead atoms. The summed E-state index contributed by atoms with van der Waals surface area (Å²) in [5.74, 6) is -59.1. The minimum atomic E-state index is -8.72. The van der Waals surface area contributed by atoms with Gasteiger partial charge in [-0.25, -0.2) is 15.6 Å². The Kier molecular flexibility index (Phi) is 6.59. The molecule has 0 saturated carbocycles. The van der Waals surface area contributed by atoms with Crippen LogP contribution in [0.5, 0.6) is 0 Å². The summed E-state index contributed by atoms with van der Waals surface area (Å²) >= 11 is 0. The van der Waals surface area contributed by atoms with E-state index < -0.39 is 70.4 Å². The predicted molar refractivity (Wildman–Crippen MR) is 82.0 cm³/mol. The lowest BCUT2D eigenvalue weighted by atomic mass is 9.84. The Labute approximate surface area is 191 Å². The number of hydrazine groups is 1. The maximum absolute atomic E-state index is 14.6. The van der Waals surface area contributed by atoms with E-state index in [1.807, 2.05) is 0 Å². The molecule has 37 heavy (non-hydrogen) atoms. The van der Waals surface area contributed by atoms with Gasteiger partial charge in [-0.3, -0.25) is 0 Å². The number of hydrogen-bond acceptors (Lipinski definition) is 3. The van der Waals surface area contributed by atoms with Gasteiger partial charge in [-0.2, -0.15) is 74.6 Å². The summed E-state index contributed by atoms with van der Waals surface area (Å²) in [6.45, 7) is 0. The summed E-state index contributed by atoms with van der Waals surface area (Å²) in [5.41, 5.74) is -4.01. The van der Waals surface area contributed by atoms with Crippen LogP contribution in [0.2, 0.25) is 0 Å². The Morgan fingerprint density at radius 3 is 1.19 bits per heavy atom. The van der Waals surface area contributed by atoms with Crippen molar-refractivity contribution >= 4 is 5.97 Å². The molecule has 0 amide bonds. The number of alkyl halides is 17. The number of aromatic carboxylic acids is 1. The molecule has 0 radical (unpaired) electrons. The molecular formula is C16H7F17N2O2. The van der Waals surface area contributed by atoms with E-state index in [1.54, 1.807) is 0 Å². The van der Waals surface area contributed by atoms with Gasteiger partial charge in [0, 0.05) is 0 Å². The lowest BCUT2D eigenvalue weighted by molar-refractivity contribution is -0.463. The summed E-state index contributed by atoms with van der Waals surface area (Å²) in [4.78, 5) is 10.7. The van der Waals surface area contributed by atoms with Crippen LogP contribution in [0.1, 0.15) is 15.9 Å². The fourth-order valence-corrected chi connectivity index (χ4v) is 2.81. The maximum atomic E-state index is 14.6. The van der Waals surface area contributed by atoms with Crippen LogP contribution in [0.4, 0.5) is 74.6 Å². The highest BCUT2D eigenvalue weighted by atomic mass is 19.4. The molecule has 21 heteroatoms. The molecule has 1 saturated heterocycles. The minimum Gasteiger partial charge on any atom is -0.478 e. The van der Waals surface area contributed by atoms with Gasteiger partial charge < -0.3 is 5.11 Å². The zero-order valence-corrected chi connectivity index (χ0v) is 16.6. The second kappa shape index (κ2) is 7.96. The molecule has 1 aliphatic heterocycles. The first kappa shape index (κ1) is 30.6. The van der Waals surface area contributed by atoms with Crippen molar-refractivity contribution in [1.29, 1.82) is 0 Å². The Bertz CT molecular complexity index is 1040. The number of hydrogen-bond donors (Lipinski definition) is 3. The summed E-state index contributed by atoms with van der Waals surface area (Å²) in [6, 6.07) is 1.19. The molecule has 2 rings (SSSR count). The molecular weight excluding hydrogens is 575 g/mol. The molecule has 0 atom stereocenters. The van der Waals surface area contributed by atoms with Gasteiger partial charge in [0.1, 0.15) is 0 Å². The van der Waals surface area contributed by atoms with Crippen molar-refractivity contribution in [3.8, 4) is 0 Å². The van der Waals surface area contributed by atoms with Crippen LogP contribution in [-0.4, -0.2) is 58.7 Å². The van der Waals surface area contributed by atoms with Gasteiger partial charge in [0.2, 0.25) is 0 Å². The van der Waals surface area contributed by atoms with Gasteiger partial charge in [-0.15, -0.1) is 0 Å². The summed E-state index contributed by atoms with van der Waals surface area (Å²) in [6.07, 6.45) is -7.83. The van der Waals surface area contributed by atoms with Crippen LogP contribution in [0.3, 0.4) is 0 Å². The first-order chi connectivity index (χ1) is 16.1. The highest BCUT2D eigenvalue weighted by Crippen LogP contribution is 2.65. The van der Waals surface area contributed by atoms with Crippen LogP contribution < -0.4 is 10.9 Å².